The van der Waals surface area contributed by atoms with Gasteiger partial charge in [0.05, 0.1) is 10.6 Å². The van der Waals surface area contributed by atoms with Gasteiger partial charge in [-0.25, -0.2) is 13.1 Å². The van der Waals surface area contributed by atoms with Gasteiger partial charge in [0.2, 0.25) is 15.9 Å². The number of sulfonamides is 1. The van der Waals surface area contributed by atoms with Crippen LogP contribution < -0.4 is 0 Å². The predicted molar refractivity (Wildman–Crippen MR) is 106 cm³/mol. The van der Waals surface area contributed by atoms with Crippen LogP contribution in [0.15, 0.2) is 41.6 Å². The summed E-state index contributed by atoms with van der Waals surface area (Å²) >= 11 is 0. The molecule has 1 aromatic carbocycles. The van der Waals surface area contributed by atoms with E-state index in [1.807, 2.05) is 24.0 Å². The molecule has 28 heavy (non-hydrogen) atoms. The monoisotopic (exact) mass is 402 g/mol. The maximum atomic E-state index is 13.4. The molecule has 0 atom stereocenters. The van der Waals surface area contributed by atoms with Gasteiger partial charge in [0, 0.05) is 44.0 Å². The molecule has 0 radical (unpaired) electrons. The number of benzene rings is 1. The summed E-state index contributed by atoms with van der Waals surface area (Å²) in [4.78, 5) is 14.8. The summed E-state index contributed by atoms with van der Waals surface area (Å²) < 4.78 is 29.9. The second kappa shape index (κ2) is 7.00. The SMILES string of the molecule is Cc1ccc(-n2cccn2)cc1S(=O)(=O)N1CCCN(C(=O)C2(C)CC2)CC1. The minimum Gasteiger partial charge on any atom is -0.341 e. The number of amides is 1. The Kier molecular flexibility index (Phi) is 4.79. The fourth-order valence-corrected chi connectivity index (χ4v) is 5.40. The van der Waals surface area contributed by atoms with Crippen molar-refractivity contribution in [2.75, 3.05) is 26.2 Å². The van der Waals surface area contributed by atoms with Gasteiger partial charge >= 0.3 is 0 Å². The maximum absolute atomic E-state index is 13.4. The largest absolute Gasteiger partial charge is 0.341 e. The van der Waals surface area contributed by atoms with Crippen molar-refractivity contribution < 1.29 is 13.2 Å². The second-order valence-corrected chi connectivity index (χ2v) is 9.92. The number of carbonyl (C=O) groups is 1. The van der Waals surface area contributed by atoms with Crippen molar-refractivity contribution in [3.8, 4) is 5.69 Å². The van der Waals surface area contributed by atoms with E-state index >= 15 is 0 Å². The first-order chi connectivity index (χ1) is 13.3. The molecule has 7 nitrogen and oxygen atoms in total. The summed E-state index contributed by atoms with van der Waals surface area (Å²) in [6, 6.07) is 7.15. The minimum absolute atomic E-state index is 0.170. The van der Waals surface area contributed by atoms with Crippen molar-refractivity contribution in [2.24, 2.45) is 5.41 Å². The average molecular weight is 403 g/mol. The first-order valence-corrected chi connectivity index (χ1v) is 11.2. The topological polar surface area (TPSA) is 75.5 Å². The zero-order chi connectivity index (χ0) is 19.9. The molecular weight excluding hydrogens is 376 g/mol. The van der Waals surface area contributed by atoms with Crippen molar-refractivity contribution in [2.45, 2.75) is 38.0 Å². The Morgan fingerprint density at radius 3 is 2.61 bits per heavy atom. The number of rotatable bonds is 4. The second-order valence-electron chi connectivity index (χ2n) is 8.01. The normalized spacial score (nSPS) is 20.0. The third-order valence-electron chi connectivity index (χ3n) is 5.82. The van der Waals surface area contributed by atoms with Crippen LogP contribution >= 0.6 is 0 Å². The molecule has 4 rings (SSSR count). The van der Waals surface area contributed by atoms with Crippen molar-refractivity contribution in [3.63, 3.8) is 0 Å². The lowest BCUT2D eigenvalue weighted by Gasteiger charge is -2.25. The third-order valence-corrected chi connectivity index (χ3v) is 7.86. The van der Waals surface area contributed by atoms with E-state index in [2.05, 4.69) is 5.10 Å². The lowest BCUT2D eigenvalue weighted by Crippen LogP contribution is -2.40. The summed E-state index contributed by atoms with van der Waals surface area (Å²) in [6.45, 7) is 5.63. The molecule has 2 aliphatic rings. The molecule has 0 N–H and O–H groups in total. The zero-order valence-electron chi connectivity index (χ0n) is 16.3. The molecular formula is C20H26N4O3S. The molecule has 1 aliphatic heterocycles. The summed E-state index contributed by atoms with van der Waals surface area (Å²) in [5, 5.41) is 4.19. The first-order valence-electron chi connectivity index (χ1n) is 9.71. The highest BCUT2D eigenvalue weighted by Gasteiger charge is 2.47. The van der Waals surface area contributed by atoms with Gasteiger partial charge in [-0.15, -0.1) is 0 Å². The third kappa shape index (κ3) is 3.46. The molecule has 150 valence electrons. The summed E-state index contributed by atoms with van der Waals surface area (Å²) in [5.74, 6) is 0.170. The van der Waals surface area contributed by atoms with Crippen LogP contribution in [0, 0.1) is 12.3 Å². The van der Waals surface area contributed by atoms with E-state index in [1.165, 1.54) is 4.31 Å². The number of carbonyl (C=O) groups excluding carboxylic acids is 1. The molecule has 1 aliphatic carbocycles. The average Bonchev–Trinajstić information content (AvgIpc) is 3.29. The predicted octanol–water partition coefficient (Wildman–Crippen LogP) is 2.20. The van der Waals surface area contributed by atoms with Crippen LogP contribution in [-0.2, 0) is 14.8 Å². The van der Waals surface area contributed by atoms with Crippen LogP contribution in [0.2, 0.25) is 0 Å². The molecule has 0 unspecified atom stereocenters. The number of nitrogens with zero attached hydrogens (tertiary/aromatic N) is 4. The highest BCUT2D eigenvalue weighted by atomic mass is 32.2. The highest BCUT2D eigenvalue weighted by molar-refractivity contribution is 7.89. The lowest BCUT2D eigenvalue weighted by molar-refractivity contribution is -0.136. The van der Waals surface area contributed by atoms with E-state index < -0.39 is 10.0 Å². The van der Waals surface area contributed by atoms with E-state index in [9.17, 15) is 13.2 Å². The Hall–Kier alpha value is -2.19. The van der Waals surface area contributed by atoms with Crippen molar-refractivity contribution >= 4 is 15.9 Å². The molecule has 0 spiro atoms. The van der Waals surface area contributed by atoms with Crippen molar-refractivity contribution in [1.29, 1.82) is 0 Å². The molecule has 2 aromatic rings. The van der Waals surface area contributed by atoms with Gasteiger partial charge in [0.25, 0.3) is 0 Å². The molecule has 8 heteroatoms. The van der Waals surface area contributed by atoms with Gasteiger partial charge < -0.3 is 4.90 Å². The van der Waals surface area contributed by atoms with E-state index in [0.717, 1.165) is 12.8 Å². The van der Waals surface area contributed by atoms with Crippen LogP contribution in [0.25, 0.3) is 5.69 Å². The van der Waals surface area contributed by atoms with Crippen LogP contribution in [0.4, 0.5) is 0 Å². The smallest absolute Gasteiger partial charge is 0.243 e. The van der Waals surface area contributed by atoms with Gasteiger partial charge in [-0.2, -0.15) is 9.40 Å². The highest BCUT2D eigenvalue weighted by Crippen LogP contribution is 2.46. The fourth-order valence-electron chi connectivity index (χ4n) is 3.69. The number of hydrogen-bond donors (Lipinski definition) is 0. The summed E-state index contributed by atoms with van der Waals surface area (Å²) in [6.07, 6.45) is 5.97. The van der Waals surface area contributed by atoms with Gasteiger partial charge in [-0.05, 0) is 49.9 Å². The van der Waals surface area contributed by atoms with Crippen molar-refractivity contribution in [1.82, 2.24) is 19.0 Å². The standard InChI is InChI=1S/C20H26N4O3S/c1-16-5-6-17(24-12-3-9-21-24)15-18(16)28(26,27)23-11-4-10-22(13-14-23)19(25)20(2)7-8-20/h3,5-6,9,12,15H,4,7-8,10-11,13-14H2,1-2H3. The summed E-state index contributed by atoms with van der Waals surface area (Å²) in [7, 11) is -3.64. The zero-order valence-corrected chi connectivity index (χ0v) is 17.2. The molecule has 2 fully saturated rings. The van der Waals surface area contributed by atoms with Crippen LogP contribution in [0.1, 0.15) is 31.7 Å². The Morgan fingerprint density at radius 2 is 1.93 bits per heavy atom. The number of aromatic nitrogens is 2. The molecule has 1 saturated heterocycles. The fraction of sp³-hybridized carbons (Fsp3) is 0.500. The van der Waals surface area contributed by atoms with Gasteiger partial charge in [0.15, 0.2) is 0 Å². The molecule has 2 heterocycles. The van der Waals surface area contributed by atoms with Crippen LogP contribution in [0.5, 0.6) is 0 Å². The minimum atomic E-state index is -3.64. The molecule has 0 bridgehead atoms. The van der Waals surface area contributed by atoms with E-state index in [1.54, 1.807) is 36.1 Å². The van der Waals surface area contributed by atoms with Gasteiger partial charge in [-0.1, -0.05) is 13.0 Å². The first kappa shape index (κ1) is 19.1. The number of hydrogen-bond acceptors (Lipinski definition) is 4. The lowest BCUT2D eigenvalue weighted by atomic mass is 10.1. The summed E-state index contributed by atoms with van der Waals surface area (Å²) in [5.41, 5.74) is 1.20. The Bertz CT molecular complexity index is 981. The van der Waals surface area contributed by atoms with Gasteiger partial charge in [0.1, 0.15) is 0 Å². The maximum Gasteiger partial charge on any atom is 0.243 e. The Balaban J connectivity index is 1.57. The van der Waals surface area contributed by atoms with Gasteiger partial charge in [-0.3, -0.25) is 4.79 Å². The molecule has 1 amide bonds. The van der Waals surface area contributed by atoms with Crippen LogP contribution in [-0.4, -0.2) is 59.5 Å². The molecule has 1 aromatic heterocycles. The quantitative estimate of drug-likeness (QED) is 0.786. The molecule has 1 saturated carbocycles. The Labute approximate surface area is 166 Å². The van der Waals surface area contributed by atoms with E-state index in [-0.39, 0.29) is 11.3 Å². The number of aryl methyl sites for hydroxylation is 1. The van der Waals surface area contributed by atoms with E-state index in [4.69, 9.17) is 0 Å². The Morgan fingerprint density at radius 1 is 1.14 bits per heavy atom. The van der Waals surface area contributed by atoms with Crippen LogP contribution in [0.3, 0.4) is 0 Å². The van der Waals surface area contributed by atoms with Crippen molar-refractivity contribution in [3.05, 3.63) is 42.2 Å². The van der Waals surface area contributed by atoms with E-state index in [0.29, 0.717) is 48.7 Å².